The van der Waals surface area contributed by atoms with Gasteiger partial charge in [0.05, 0.1) is 7.11 Å². The Hall–Kier alpha value is -1.76. The van der Waals surface area contributed by atoms with E-state index < -0.39 is 5.91 Å². The van der Waals surface area contributed by atoms with Crippen LogP contribution in [0.25, 0.3) is 0 Å². The van der Waals surface area contributed by atoms with Gasteiger partial charge in [-0.15, -0.1) is 0 Å². The van der Waals surface area contributed by atoms with E-state index in [2.05, 4.69) is 27.9 Å². The van der Waals surface area contributed by atoms with Crippen LogP contribution in [-0.4, -0.2) is 18.1 Å². The second kappa shape index (κ2) is 6.13. The van der Waals surface area contributed by atoms with E-state index in [1.807, 2.05) is 25.1 Å². The number of aromatic hydroxyl groups is 1. The van der Waals surface area contributed by atoms with Crippen LogP contribution in [-0.2, 0) is 0 Å². The molecule has 0 saturated heterocycles. The molecule has 0 bridgehead atoms. The first-order valence-corrected chi connectivity index (χ1v) is 7.04. The van der Waals surface area contributed by atoms with E-state index in [1.54, 1.807) is 12.1 Å². The number of carbonyl (C=O) groups is 1. The topological polar surface area (TPSA) is 58.6 Å². The van der Waals surface area contributed by atoms with Gasteiger partial charge in [-0.1, -0.05) is 6.07 Å². The lowest BCUT2D eigenvalue weighted by atomic mass is 10.1. The number of hydrogen-bond donors (Lipinski definition) is 2. The maximum absolute atomic E-state index is 12.3. The molecule has 2 aromatic carbocycles. The zero-order valence-electron chi connectivity index (χ0n) is 11.1. The van der Waals surface area contributed by atoms with E-state index in [0.29, 0.717) is 11.4 Å². The molecule has 0 spiro atoms. The molecule has 0 radical (unpaired) electrons. The summed E-state index contributed by atoms with van der Waals surface area (Å²) in [4.78, 5) is 12.3. The van der Waals surface area contributed by atoms with Gasteiger partial charge in [0.1, 0.15) is 17.1 Å². The molecule has 0 aromatic heterocycles. The van der Waals surface area contributed by atoms with Crippen LogP contribution in [0.2, 0.25) is 0 Å². The highest BCUT2D eigenvalue weighted by Crippen LogP contribution is 2.28. The normalized spacial score (nSPS) is 10.2. The minimum absolute atomic E-state index is 0.106. The highest BCUT2D eigenvalue weighted by Gasteiger charge is 2.17. The number of carbonyl (C=O) groups excluding carboxylic acids is 1. The van der Waals surface area contributed by atoms with Gasteiger partial charge in [0.2, 0.25) is 0 Å². The summed E-state index contributed by atoms with van der Waals surface area (Å²) in [5, 5.41) is 12.6. The third kappa shape index (κ3) is 3.04. The fraction of sp³-hybridized carbons (Fsp3) is 0.133. The van der Waals surface area contributed by atoms with Gasteiger partial charge in [0, 0.05) is 9.26 Å². The molecule has 0 fully saturated rings. The maximum Gasteiger partial charge on any atom is 0.263 e. The number of halogens is 1. The number of rotatable bonds is 3. The molecule has 2 aromatic rings. The van der Waals surface area contributed by atoms with E-state index >= 15 is 0 Å². The number of benzene rings is 2. The van der Waals surface area contributed by atoms with Crippen molar-refractivity contribution >= 4 is 34.2 Å². The number of anilines is 1. The average molecular weight is 383 g/mol. The van der Waals surface area contributed by atoms with Gasteiger partial charge in [0.15, 0.2) is 0 Å². The lowest BCUT2D eigenvalue weighted by Crippen LogP contribution is -2.14. The van der Waals surface area contributed by atoms with Crippen molar-refractivity contribution < 1.29 is 14.6 Å². The highest BCUT2D eigenvalue weighted by molar-refractivity contribution is 14.1. The summed E-state index contributed by atoms with van der Waals surface area (Å²) in [5.74, 6) is -0.167. The lowest BCUT2D eigenvalue weighted by molar-refractivity contribution is 0.102. The van der Waals surface area contributed by atoms with Crippen molar-refractivity contribution in [3.63, 3.8) is 0 Å². The second-order valence-electron chi connectivity index (χ2n) is 4.27. The van der Waals surface area contributed by atoms with Crippen molar-refractivity contribution in [3.8, 4) is 11.5 Å². The van der Waals surface area contributed by atoms with E-state index in [9.17, 15) is 9.90 Å². The van der Waals surface area contributed by atoms with Gasteiger partial charge in [-0.3, -0.25) is 4.79 Å². The molecule has 0 aliphatic carbocycles. The number of aryl methyl sites for hydroxylation is 1. The van der Waals surface area contributed by atoms with Crippen molar-refractivity contribution in [1.29, 1.82) is 0 Å². The van der Waals surface area contributed by atoms with Crippen LogP contribution in [0.1, 0.15) is 15.9 Å². The smallest absolute Gasteiger partial charge is 0.263 e. The molecule has 0 unspecified atom stereocenters. The number of hydrogen-bond acceptors (Lipinski definition) is 3. The van der Waals surface area contributed by atoms with Crippen molar-refractivity contribution in [2.75, 3.05) is 12.4 Å². The number of methoxy groups -OCH3 is 1. The van der Waals surface area contributed by atoms with Gasteiger partial charge in [-0.25, -0.2) is 0 Å². The van der Waals surface area contributed by atoms with E-state index in [-0.39, 0.29) is 11.3 Å². The molecule has 104 valence electrons. The lowest BCUT2D eigenvalue weighted by Gasteiger charge is -2.12. The molecule has 0 aliphatic heterocycles. The molecular weight excluding hydrogens is 369 g/mol. The van der Waals surface area contributed by atoms with Crippen molar-refractivity contribution in [2.45, 2.75) is 6.92 Å². The van der Waals surface area contributed by atoms with Gasteiger partial charge >= 0.3 is 0 Å². The molecule has 20 heavy (non-hydrogen) atoms. The van der Waals surface area contributed by atoms with Crippen LogP contribution in [0, 0.1) is 10.5 Å². The Kier molecular flexibility index (Phi) is 4.49. The third-order valence-electron chi connectivity index (χ3n) is 2.89. The quantitative estimate of drug-likeness (QED) is 0.797. The predicted octanol–water partition coefficient (Wildman–Crippen LogP) is 3.57. The fourth-order valence-corrected chi connectivity index (χ4v) is 2.52. The van der Waals surface area contributed by atoms with Gasteiger partial charge < -0.3 is 15.2 Å². The molecular formula is C15H14INO3. The Morgan fingerprint density at radius 1 is 1.30 bits per heavy atom. The van der Waals surface area contributed by atoms with Crippen molar-refractivity contribution in [2.24, 2.45) is 0 Å². The fourth-order valence-electron chi connectivity index (χ4n) is 1.87. The monoisotopic (exact) mass is 383 g/mol. The standard InChI is InChI=1S/C15H14INO3/c1-9-8-10(16)6-7-11(9)17-15(19)14-12(18)4-3-5-13(14)20-2/h3-8,18H,1-2H3,(H,17,19). The number of phenolic OH excluding ortho intramolecular Hbond substituents is 1. The Morgan fingerprint density at radius 3 is 2.70 bits per heavy atom. The SMILES string of the molecule is COc1cccc(O)c1C(=O)Nc1ccc(I)cc1C. The van der Waals surface area contributed by atoms with Crippen LogP contribution in [0.4, 0.5) is 5.69 Å². The zero-order chi connectivity index (χ0) is 14.7. The average Bonchev–Trinajstić information content (AvgIpc) is 2.41. The van der Waals surface area contributed by atoms with E-state index in [4.69, 9.17) is 4.74 Å². The molecule has 5 heteroatoms. The number of nitrogens with one attached hydrogen (secondary N) is 1. The summed E-state index contributed by atoms with van der Waals surface area (Å²) >= 11 is 2.21. The minimum Gasteiger partial charge on any atom is -0.507 e. The number of amides is 1. The first kappa shape index (κ1) is 14.6. The summed E-state index contributed by atoms with van der Waals surface area (Å²) < 4.78 is 6.21. The van der Waals surface area contributed by atoms with E-state index in [1.165, 1.54) is 13.2 Å². The molecule has 0 atom stereocenters. The third-order valence-corrected chi connectivity index (χ3v) is 3.56. The largest absolute Gasteiger partial charge is 0.507 e. The van der Waals surface area contributed by atoms with Crippen molar-refractivity contribution in [3.05, 3.63) is 51.1 Å². The minimum atomic E-state index is -0.399. The number of phenols is 1. The summed E-state index contributed by atoms with van der Waals surface area (Å²) in [5.41, 5.74) is 1.80. The Bertz CT molecular complexity index is 656. The molecule has 0 heterocycles. The predicted molar refractivity (Wildman–Crippen MR) is 86.5 cm³/mol. The van der Waals surface area contributed by atoms with Gasteiger partial charge in [-0.05, 0) is 65.4 Å². The molecule has 0 saturated carbocycles. The Labute approximate surface area is 130 Å². The summed E-state index contributed by atoms with van der Waals surface area (Å²) in [6.07, 6.45) is 0. The summed E-state index contributed by atoms with van der Waals surface area (Å²) in [6.45, 7) is 1.92. The number of ether oxygens (including phenoxy) is 1. The summed E-state index contributed by atoms with van der Waals surface area (Å²) in [6, 6.07) is 10.4. The first-order chi connectivity index (χ1) is 9.52. The van der Waals surface area contributed by atoms with Crippen LogP contribution in [0.3, 0.4) is 0 Å². The van der Waals surface area contributed by atoms with Crippen LogP contribution < -0.4 is 10.1 Å². The molecule has 1 amide bonds. The molecule has 4 nitrogen and oxygen atoms in total. The Morgan fingerprint density at radius 2 is 2.05 bits per heavy atom. The molecule has 0 aliphatic rings. The van der Waals surface area contributed by atoms with Gasteiger partial charge in [0.25, 0.3) is 5.91 Å². The maximum atomic E-state index is 12.3. The summed E-state index contributed by atoms with van der Waals surface area (Å²) in [7, 11) is 1.46. The molecule has 2 N–H and O–H groups in total. The first-order valence-electron chi connectivity index (χ1n) is 5.96. The zero-order valence-corrected chi connectivity index (χ0v) is 13.3. The highest BCUT2D eigenvalue weighted by atomic mass is 127. The van der Waals surface area contributed by atoms with Crippen molar-refractivity contribution in [1.82, 2.24) is 0 Å². The van der Waals surface area contributed by atoms with Gasteiger partial charge in [-0.2, -0.15) is 0 Å². The van der Waals surface area contributed by atoms with Crippen LogP contribution in [0.15, 0.2) is 36.4 Å². The Balaban J connectivity index is 2.33. The van der Waals surface area contributed by atoms with E-state index in [0.717, 1.165) is 9.13 Å². The second-order valence-corrected chi connectivity index (χ2v) is 5.51. The van der Waals surface area contributed by atoms with Crippen LogP contribution >= 0.6 is 22.6 Å². The molecule has 2 rings (SSSR count). The van der Waals surface area contributed by atoms with Crippen LogP contribution in [0.5, 0.6) is 11.5 Å².